The molecule has 1 N–H and O–H groups in total. The quantitative estimate of drug-likeness (QED) is 0.260. The molecule has 218 valence electrons. The smallest absolute Gasteiger partial charge is 0.416 e. The number of amides is 2. The van der Waals surface area contributed by atoms with Crippen molar-refractivity contribution in [2.75, 3.05) is 13.1 Å². The van der Waals surface area contributed by atoms with Crippen LogP contribution >= 0.6 is 11.6 Å². The van der Waals surface area contributed by atoms with Crippen LogP contribution in [0.15, 0.2) is 73.1 Å². The third kappa shape index (κ3) is 6.28. The molecule has 1 aromatic heterocycles. The molecule has 42 heavy (non-hydrogen) atoms. The molecule has 0 bridgehead atoms. The van der Waals surface area contributed by atoms with Gasteiger partial charge in [-0.1, -0.05) is 35.9 Å². The molecule has 0 saturated carbocycles. The Bertz CT molecular complexity index is 1620. The largest absolute Gasteiger partial charge is 0.434 e. The second-order valence-corrected chi connectivity index (χ2v) is 10.0. The van der Waals surface area contributed by atoms with Crippen LogP contribution in [0.2, 0.25) is 5.02 Å². The van der Waals surface area contributed by atoms with E-state index in [0.717, 1.165) is 12.1 Å². The van der Waals surface area contributed by atoms with Crippen LogP contribution in [0.5, 0.6) is 5.75 Å². The number of fused-ring (bicyclic) bond motifs is 1. The minimum Gasteiger partial charge on any atom is -0.434 e. The van der Waals surface area contributed by atoms with Gasteiger partial charge in [-0.3, -0.25) is 19.6 Å². The van der Waals surface area contributed by atoms with E-state index in [0.29, 0.717) is 16.6 Å². The SMILES string of the molecule is O=C(N[C@H]1CCN(C(=O)c2cc(Cl)c3nccnc3c2)C[C@@H]1c1ccc(C(F)(F)F)cc1)c1ccccc1OC(F)F. The Morgan fingerprint density at radius 1 is 1.02 bits per heavy atom. The first kappa shape index (κ1) is 29.2. The number of rotatable bonds is 6. The summed E-state index contributed by atoms with van der Waals surface area (Å²) in [6.07, 6.45) is -1.39. The van der Waals surface area contributed by atoms with Crippen molar-refractivity contribution in [2.45, 2.75) is 31.2 Å². The van der Waals surface area contributed by atoms with Crippen LogP contribution in [0.1, 0.15) is 44.2 Å². The van der Waals surface area contributed by atoms with Crippen LogP contribution in [0.3, 0.4) is 0 Å². The highest BCUT2D eigenvalue weighted by atomic mass is 35.5. The van der Waals surface area contributed by atoms with Gasteiger partial charge in [-0.05, 0) is 48.4 Å². The molecule has 2 amide bonds. The molecule has 4 aromatic rings. The minimum atomic E-state index is -4.55. The van der Waals surface area contributed by atoms with Gasteiger partial charge in [0.15, 0.2) is 0 Å². The van der Waals surface area contributed by atoms with E-state index >= 15 is 0 Å². The van der Waals surface area contributed by atoms with Crippen molar-refractivity contribution in [1.82, 2.24) is 20.2 Å². The Labute approximate surface area is 241 Å². The number of nitrogens with zero attached hydrogens (tertiary/aromatic N) is 3. The van der Waals surface area contributed by atoms with E-state index < -0.39 is 36.2 Å². The lowest BCUT2D eigenvalue weighted by Crippen LogP contribution is -2.51. The van der Waals surface area contributed by atoms with E-state index in [1.807, 2.05) is 0 Å². The number of carbonyl (C=O) groups is 2. The zero-order valence-electron chi connectivity index (χ0n) is 21.6. The van der Waals surface area contributed by atoms with Gasteiger partial charge in [0.05, 0.1) is 21.7 Å². The van der Waals surface area contributed by atoms with Crippen LogP contribution in [0.4, 0.5) is 22.0 Å². The second-order valence-electron chi connectivity index (χ2n) is 9.60. The molecule has 0 spiro atoms. The molecule has 7 nitrogen and oxygen atoms in total. The fourth-order valence-electron chi connectivity index (χ4n) is 5.00. The number of benzene rings is 3. The Morgan fingerprint density at radius 2 is 1.74 bits per heavy atom. The summed E-state index contributed by atoms with van der Waals surface area (Å²) in [5.41, 5.74) is 0.565. The molecule has 5 rings (SSSR count). The average Bonchev–Trinajstić information content (AvgIpc) is 2.96. The number of piperidine rings is 1. The summed E-state index contributed by atoms with van der Waals surface area (Å²) in [4.78, 5) is 36.6. The standard InChI is InChI=1S/C29H22ClF5N4O3/c30-21-13-17(14-23-25(21)37-11-10-36-23)27(41)39-12-9-22(20(15-39)16-5-7-18(8-6-16)29(33,34)35)38-26(40)19-3-1-2-4-24(19)42-28(31)32/h1-8,10-11,13-14,20,22,28H,9,12,15H2,(H,38,40)/t20-,22+/m1/s1. The number of likely N-dealkylation sites (tertiary alicyclic amines) is 1. The van der Waals surface area contributed by atoms with Gasteiger partial charge < -0.3 is 15.0 Å². The number of halogens is 6. The molecule has 0 aliphatic carbocycles. The summed E-state index contributed by atoms with van der Waals surface area (Å²) in [7, 11) is 0. The third-order valence-electron chi connectivity index (χ3n) is 7.00. The normalized spacial score (nSPS) is 17.4. The predicted molar refractivity (Wildman–Crippen MR) is 144 cm³/mol. The number of hydrogen-bond acceptors (Lipinski definition) is 5. The van der Waals surface area contributed by atoms with Gasteiger partial charge in [0.25, 0.3) is 11.8 Å². The number of aromatic nitrogens is 2. The summed E-state index contributed by atoms with van der Waals surface area (Å²) in [5.74, 6) is -2.04. The number of ether oxygens (including phenoxy) is 1. The van der Waals surface area contributed by atoms with Crippen LogP contribution in [0, 0.1) is 0 Å². The summed E-state index contributed by atoms with van der Waals surface area (Å²) in [5, 5.41) is 3.04. The lowest BCUT2D eigenvalue weighted by Gasteiger charge is -2.39. The predicted octanol–water partition coefficient (Wildman–Crippen LogP) is 6.33. The van der Waals surface area contributed by atoms with Crippen molar-refractivity contribution in [3.63, 3.8) is 0 Å². The Morgan fingerprint density at radius 3 is 2.45 bits per heavy atom. The number of carbonyl (C=O) groups excluding carboxylic acids is 2. The molecule has 13 heteroatoms. The molecule has 0 unspecified atom stereocenters. The molecule has 3 aromatic carbocycles. The van der Waals surface area contributed by atoms with Gasteiger partial charge in [-0.2, -0.15) is 22.0 Å². The van der Waals surface area contributed by atoms with Crippen LogP contribution < -0.4 is 10.1 Å². The third-order valence-corrected chi connectivity index (χ3v) is 7.29. The molecular weight excluding hydrogens is 583 g/mol. The minimum absolute atomic E-state index is 0.0421. The zero-order valence-corrected chi connectivity index (χ0v) is 22.4. The topological polar surface area (TPSA) is 84.4 Å². The zero-order chi connectivity index (χ0) is 30.0. The van der Waals surface area contributed by atoms with E-state index in [4.69, 9.17) is 11.6 Å². The summed E-state index contributed by atoms with van der Waals surface area (Å²) in [6.45, 7) is -2.92. The first-order valence-corrected chi connectivity index (χ1v) is 13.1. The summed E-state index contributed by atoms with van der Waals surface area (Å²) < 4.78 is 70.0. The van der Waals surface area contributed by atoms with Crippen molar-refractivity contribution in [3.05, 3.63) is 100 Å². The molecule has 0 radical (unpaired) electrons. The van der Waals surface area contributed by atoms with Crippen LogP contribution in [0.25, 0.3) is 11.0 Å². The lowest BCUT2D eigenvalue weighted by molar-refractivity contribution is -0.137. The number of alkyl halides is 5. The Hall–Kier alpha value is -4.32. The lowest BCUT2D eigenvalue weighted by atomic mass is 9.85. The highest BCUT2D eigenvalue weighted by molar-refractivity contribution is 6.35. The highest BCUT2D eigenvalue weighted by Crippen LogP contribution is 2.34. The van der Waals surface area contributed by atoms with Crippen molar-refractivity contribution >= 4 is 34.4 Å². The van der Waals surface area contributed by atoms with Crippen molar-refractivity contribution in [2.24, 2.45) is 0 Å². The van der Waals surface area contributed by atoms with Gasteiger partial charge in [0.2, 0.25) is 0 Å². The van der Waals surface area contributed by atoms with Crippen molar-refractivity contribution < 1.29 is 36.3 Å². The Kier molecular flexibility index (Phi) is 8.26. The molecule has 1 aliphatic rings. The summed E-state index contributed by atoms with van der Waals surface area (Å²) >= 11 is 6.33. The maximum Gasteiger partial charge on any atom is 0.416 e. The van der Waals surface area contributed by atoms with Crippen molar-refractivity contribution in [1.29, 1.82) is 0 Å². The highest BCUT2D eigenvalue weighted by Gasteiger charge is 2.36. The van der Waals surface area contributed by atoms with Gasteiger partial charge in [-0.25, -0.2) is 0 Å². The number of para-hydroxylation sites is 1. The second kappa shape index (κ2) is 11.9. The maximum atomic E-state index is 13.6. The number of hydrogen-bond donors (Lipinski definition) is 1. The fourth-order valence-corrected chi connectivity index (χ4v) is 5.27. The molecule has 2 heterocycles. The van der Waals surface area contributed by atoms with E-state index in [-0.39, 0.29) is 47.3 Å². The van der Waals surface area contributed by atoms with Gasteiger partial charge in [0, 0.05) is 43.0 Å². The molecule has 1 saturated heterocycles. The van der Waals surface area contributed by atoms with Crippen LogP contribution in [-0.2, 0) is 6.18 Å². The maximum absolute atomic E-state index is 13.6. The Balaban J connectivity index is 1.44. The molecule has 1 fully saturated rings. The fraction of sp³-hybridized carbons (Fsp3) is 0.241. The van der Waals surface area contributed by atoms with Crippen molar-refractivity contribution in [3.8, 4) is 5.75 Å². The van der Waals surface area contributed by atoms with Crippen LogP contribution in [-0.4, -0.2) is 52.4 Å². The van der Waals surface area contributed by atoms with E-state index in [1.54, 1.807) is 6.07 Å². The van der Waals surface area contributed by atoms with Gasteiger partial charge in [0.1, 0.15) is 11.3 Å². The average molecular weight is 605 g/mol. The monoisotopic (exact) mass is 604 g/mol. The summed E-state index contributed by atoms with van der Waals surface area (Å²) in [6, 6.07) is 12.3. The first-order valence-electron chi connectivity index (χ1n) is 12.7. The van der Waals surface area contributed by atoms with Gasteiger partial charge in [-0.15, -0.1) is 0 Å². The number of nitrogens with one attached hydrogen (secondary N) is 1. The first-order chi connectivity index (χ1) is 20.0. The van der Waals surface area contributed by atoms with Gasteiger partial charge >= 0.3 is 12.8 Å². The molecular formula is C29H22ClF5N4O3. The van der Waals surface area contributed by atoms with E-state index in [1.165, 1.54) is 59.8 Å². The van der Waals surface area contributed by atoms with E-state index in [2.05, 4.69) is 20.0 Å². The molecule has 2 atom stereocenters. The molecule has 1 aliphatic heterocycles. The van der Waals surface area contributed by atoms with E-state index in [9.17, 15) is 31.5 Å².